The molecule has 0 atom stereocenters. The molecule has 0 saturated carbocycles. The van der Waals surface area contributed by atoms with Crippen LogP contribution in [0.1, 0.15) is 36.0 Å². The van der Waals surface area contributed by atoms with Crippen LogP contribution in [0.4, 0.5) is 35.0 Å². The van der Waals surface area contributed by atoms with Crippen molar-refractivity contribution in [2.75, 3.05) is 67.6 Å². The Morgan fingerprint density at radius 3 is 2.50 bits per heavy atom. The number of carbonyl (C=O) groups excluding carboxylic acids is 3. The Morgan fingerprint density at radius 2 is 1.80 bits per heavy atom. The zero-order chi connectivity index (χ0) is 38.1. The molecule has 2 aromatic heterocycles. The molecule has 2 aromatic carbocycles. The third kappa shape index (κ3) is 7.37. The number of amides is 4. The van der Waals surface area contributed by atoms with Crippen LogP contribution >= 0.6 is 11.6 Å². The number of rotatable bonds is 8. The molecule has 284 valence electrons. The summed E-state index contributed by atoms with van der Waals surface area (Å²) in [5.74, 6) is -0.456. The van der Waals surface area contributed by atoms with E-state index in [1.54, 1.807) is 14.4 Å². The number of aromatic nitrogens is 4. The molecule has 14 nitrogen and oxygen atoms in total. The summed E-state index contributed by atoms with van der Waals surface area (Å²) in [7, 11) is 0. The van der Waals surface area contributed by atoms with Gasteiger partial charge < -0.3 is 29.7 Å². The van der Waals surface area contributed by atoms with Crippen molar-refractivity contribution in [3.8, 4) is 0 Å². The fourth-order valence-corrected chi connectivity index (χ4v) is 7.24. The zero-order valence-corrected chi connectivity index (χ0v) is 30.0. The molecule has 5 heterocycles. The van der Waals surface area contributed by atoms with E-state index in [9.17, 15) is 32.3 Å². The first-order valence-electron chi connectivity index (χ1n) is 17.5. The second-order valence-corrected chi connectivity index (χ2v) is 13.4. The first kappa shape index (κ1) is 36.9. The lowest BCUT2D eigenvalue weighted by Gasteiger charge is -2.37. The smallest absolute Gasteiger partial charge is 0.377 e. The van der Waals surface area contributed by atoms with E-state index in [2.05, 4.69) is 20.7 Å². The van der Waals surface area contributed by atoms with Crippen LogP contribution in [0.25, 0.3) is 11.4 Å². The van der Waals surface area contributed by atoms with Crippen molar-refractivity contribution in [2.45, 2.75) is 38.9 Å². The Labute approximate surface area is 312 Å². The molecule has 0 spiro atoms. The molecule has 3 aliphatic rings. The van der Waals surface area contributed by atoms with Gasteiger partial charge in [-0.25, -0.2) is 4.79 Å². The van der Waals surface area contributed by atoms with Crippen molar-refractivity contribution in [1.82, 2.24) is 29.4 Å². The van der Waals surface area contributed by atoms with E-state index in [4.69, 9.17) is 16.3 Å². The molecule has 2 N–H and O–H groups in total. The lowest BCUT2D eigenvalue weighted by Crippen LogP contribution is -2.53. The fourth-order valence-electron chi connectivity index (χ4n) is 7.01. The number of hydrogen-bond donors (Lipinski definition) is 2. The Bertz CT molecular complexity index is 2210. The van der Waals surface area contributed by atoms with E-state index >= 15 is 0 Å². The number of para-hydroxylation sites is 1. The van der Waals surface area contributed by atoms with Crippen molar-refractivity contribution in [1.29, 1.82) is 0 Å². The van der Waals surface area contributed by atoms with E-state index in [-0.39, 0.29) is 73.4 Å². The van der Waals surface area contributed by atoms with Gasteiger partial charge in [0, 0.05) is 38.4 Å². The Hall–Kier alpha value is -5.42. The molecule has 0 unspecified atom stereocenters. The number of hydrogen-bond acceptors (Lipinski definition) is 8. The molecule has 54 heavy (non-hydrogen) atoms. The van der Waals surface area contributed by atoms with E-state index in [0.717, 1.165) is 46.0 Å². The molecule has 1 saturated heterocycles. The van der Waals surface area contributed by atoms with Gasteiger partial charge in [-0.1, -0.05) is 42.8 Å². The van der Waals surface area contributed by atoms with Gasteiger partial charge in [0.05, 0.1) is 41.7 Å². The SMILES string of the molecule is CCc1c(N2CCN(C(=O)CNC(=O)N3CCc4ccccc43)CC2)c(=O)n2nc(C3=CCOCC3)nc2n1CC(=O)Nc1ccc(C(F)(F)F)cc1Cl. The van der Waals surface area contributed by atoms with Gasteiger partial charge >= 0.3 is 12.2 Å². The lowest BCUT2D eigenvalue weighted by atomic mass is 10.1. The molecule has 0 aliphatic carbocycles. The average molecular weight is 768 g/mol. The molecule has 4 aromatic rings. The highest BCUT2D eigenvalue weighted by molar-refractivity contribution is 6.33. The Balaban J connectivity index is 1.11. The molecule has 0 radical (unpaired) electrons. The standard InChI is InChI=1S/C36H37ClF3N9O5/c1-2-27-31(46-15-13-45(14-16-46)30(51)20-41-35(53)47-12-9-22-5-3-4-6-28(22)47)33(52)49-34(43-32(44-49)23-10-17-54-18-11-23)48(27)21-29(50)42-26-8-7-24(19-25(26)37)36(38,39)40/h3-8,10,19H,2,9,11-18,20-21H2,1H3,(H,41,53)(H,42,50). The van der Waals surface area contributed by atoms with Crippen LogP contribution in [0.3, 0.4) is 0 Å². The van der Waals surface area contributed by atoms with Crippen molar-refractivity contribution >= 4 is 57.9 Å². The minimum Gasteiger partial charge on any atom is -0.377 e. The number of urea groups is 1. The maximum absolute atomic E-state index is 14.2. The van der Waals surface area contributed by atoms with E-state index in [0.29, 0.717) is 44.1 Å². The number of benzene rings is 2. The van der Waals surface area contributed by atoms with Crippen LogP contribution in [0, 0.1) is 0 Å². The summed E-state index contributed by atoms with van der Waals surface area (Å²) in [6.07, 6.45) is -1.21. The summed E-state index contributed by atoms with van der Waals surface area (Å²) in [6, 6.07) is 9.95. The third-order valence-electron chi connectivity index (χ3n) is 9.76. The van der Waals surface area contributed by atoms with Crippen molar-refractivity contribution in [3.05, 3.63) is 86.6 Å². The molecule has 18 heteroatoms. The maximum Gasteiger partial charge on any atom is 0.416 e. The minimum atomic E-state index is -4.61. The fraction of sp³-hybridized carbons (Fsp3) is 0.389. The highest BCUT2D eigenvalue weighted by Gasteiger charge is 2.32. The zero-order valence-electron chi connectivity index (χ0n) is 29.3. The highest BCUT2D eigenvalue weighted by atomic mass is 35.5. The highest BCUT2D eigenvalue weighted by Crippen LogP contribution is 2.34. The van der Waals surface area contributed by atoms with Crippen molar-refractivity contribution < 1.29 is 32.3 Å². The predicted molar refractivity (Wildman–Crippen MR) is 195 cm³/mol. The number of alkyl halides is 3. The predicted octanol–water partition coefficient (Wildman–Crippen LogP) is 3.99. The molecule has 4 amide bonds. The van der Waals surface area contributed by atoms with E-state index in [1.807, 2.05) is 42.2 Å². The number of halogens is 4. The van der Waals surface area contributed by atoms with Crippen LogP contribution < -0.4 is 26.0 Å². The Kier molecular flexibility index (Phi) is 10.3. The van der Waals surface area contributed by atoms with Crippen LogP contribution in [0.5, 0.6) is 0 Å². The first-order valence-corrected chi connectivity index (χ1v) is 17.9. The van der Waals surface area contributed by atoms with Crippen molar-refractivity contribution in [3.63, 3.8) is 0 Å². The second-order valence-electron chi connectivity index (χ2n) is 13.0. The van der Waals surface area contributed by atoms with Gasteiger partial charge in [0.2, 0.25) is 17.6 Å². The monoisotopic (exact) mass is 767 g/mol. The lowest BCUT2D eigenvalue weighted by molar-refractivity contribution is -0.137. The number of ether oxygens (including phenoxy) is 1. The summed E-state index contributed by atoms with van der Waals surface area (Å²) in [6.45, 7) is 3.72. The molecule has 3 aliphatic heterocycles. The third-order valence-corrected chi connectivity index (χ3v) is 10.1. The van der Waals surface area contributed by atoms with Gasteiger partial charge in [-0.3, -0.25) is 19.3 Å². The van der Waals surface area contributed by atoms with E-state index < -0.39 is 23.2 Å². The number of anilines is 3. The minimum absolute atomic E-state index is 0.0123. The van der Waals surface area contributed by atoms with Gasteiger partial charge in [-0.05, 0) is 54.7 Å². The van der Waals surface area contributed by atoms with Crippen molar-refractivity contribution in [2.24, 2.45) is 0 Å². The summed E-state index contributed by atoms with van der Waals surface area (Å²) in [4.78, 5) is 63.6. The van der Waals surface area contributed by atoms with Crippen LogP contribution in [0.2, 0.25) is 5.02 Å². The van der Waals surface area contributed by atoms with Gasteiger partial charge in [0.25, 0.3) is 5.56 Å². The van der Waals surface area contributed by atoms with Gasteiger partial charge in [0.1, 0.15) is 12.2 Å². The number of nitrogens with one attached hydrogen (secondary N) is 2. The molecule has 0 bridgehead atoms. The first-order chi connectivity index (χ1) is 25.9. The Morgan fingerprint density at radius 1 is 1.02 bits per heavy atom. The largest absolute Gasteiger partial charge is 0.416 e. The molecular weight excluding hydrogens is 731 g/mol. The number of fused-ring (bicyclic) bond motifs is 2. The van der Waals surface area contributed by atoms with Crippen LogP contribution in [-0.4, -0.2) is 94.4 Å². The molecule has 1 fully saturated rings. The quantitative estimate of drug-likeness (QED) is 0.274. The van der Waals surface area contributed by atoms with Gasteiger partial charge in [-0.2, -0.15) is 22.7 Å². The summed E-state index contributed by atoms with van der Waals surface area (Å²) < 4.78 is 47.8. The summed E-state index contributed by atoms with van der Waals surface area (Å²) >= 11 is 6.13. The number of nitrogens with zero attached hydrogens (tertiary/aromatic N) is 7. The van der Waals surface area contributed by atoms with Crippen LogP contribution in [0.15, 0.2) is 53.3 Å². The maximum atomic E-state index is 14.2. The molecular formula is C36H37ClF3N9O5. The number of piperazine rings is 1. The van der Waals surface area contributed by atoms with E-state index in [1.165, 1.54) is 0 Å². The summed E-state index contributed by atoms with van der Waals surface area (Å²) in [5, 5.41) is 9.59. The van der Waals surface area contributed by atoms with Crippen LogP contribution in [-0.2, 0) is 39.9 Å². The van der Waals surface area contributed by atoms with Gasteiger partial charge in [0.15, 0.2) is 5.82 Å². The molecule has 7 rings (SSSR count). The normalized spacial score (nSPS) is 16.0. The number of carbonyl (C=O) groups is 3. The topological polar surface area (TPSA) is 146 Å². The summed E-state index contributed by atoms with van der Waals surface area (Å²) in [5.41, 5.74) is 2.04. The average Bonchev–Trinajstić information content (AvgIpc) is 3.82. The second kappa shape index (κ2) is 15.1. The van der Waals surface area contributed by atoms with Gasteiger partial charge in [-0.15, -0.1) is 5.10 Å².